The largest absolute Gasteiger partial charge is 0.394 e. The summed E-state index contributed by atoms with van der Waals surface area (Å²) < 4.78 is 19.9. The van der Waals surface area contributed by atoms with Crippen LogP contribution in [0.25, 0.3) is 0 Å². The summed E-state index contributed by atoms with van der Waals surface area (Å²) in [5.74, 6) is -3.02. The Hall–Kier alpha value is -1.75. The summed E-state index contributed by atoms with van der Waals surface area (Å²) in [6.07, 6.45) is -4.63. The summed E-state index contributed by atoms with van der Waals surface area (Å²) in [4.78, 5) is 14.7. The molecule has 0 aromatic heterocycles. The maximum atomic E-state index is 14.8. The Morgan fingerprint density at radius 2 is 2.10 bits per heavy atom. The Labute approximate surface area is 112 Å². The van der Waals surface area contributed by atoms with Crippen molar-refractivity contribution in [3.63, 3.8) is 0 Å². The average Bonchev–Trinajstić information content (AvgIpc) is 2.96. The van der Waals surface area contributed by atoms with Gasteiger partial charge in [0.15, 0.2) is 23.5 Å². The first-order valence-electron chi connectivity index (χ1n) is 5.84. The number of fused-ring (bicyclic) bond motifs is 1. The molecule has 0 bridgehead atoms. The number of alkyl halides is 1. The van der Waals surface area contributed by atoms with Gasteiger partial charge in [0, 0.05) is 0 Å². The van der Waals surface area contributed by atoms with Crippen molar-refractivity contribution in [2.75, 3.05) is 6.61 Å². The zero-order chi connectivity index (χ0) is 14.5. The number of nitrogens with zero attached hydrogens (tertiary/aromatic N) is 4. The summed E-state index contributed by atoms with van der Waals surface area (Å²) in [6.45, 7) is -0.578. The van der Waals surface area contributed by atoms with Gasteiger partial charge in [-0.25, -0.2) is 20.0 Å². The van der Waals surface area contributed by atoms with E-state index in [1.54, 1.807) is 0 Å². The van der Waals surface area contributed by atoms with Crippen LogP contribution in [0.5, 0.6) is 0 Å². The molecule has 0 radical (unpaired) electrons. The molecule has 1 fully saturated rings. The molecule has 3 rings (SSSR count). The van der Waals surface area contributed by atoms with Crippen LogP contribution in [0, 0.1) is 0 Å². The molecular weight excluding hydrogens is 273 g/mol. The highest BCUT2D eigenvalue weighted by Gasteiger charge is 2.56. The summed E-state index contributed by atoms with van der Waals surface area (Å²) in [5.41, 5.74) is 5.72. The molecule has 0 aromatic rings. The molecule has 5 atom stereocenters. The molecule has 0 saturated carbocycles. The third-order valence-corrected chi connectivity index (χ3v) is 3.27. The summed E-state index contributed by atoms with van der Waals surface area (Å²) >= 11 is 0. The van der Waals surface area contributed by atoms with Crippen LogP contribution >= 0.6 is 0 Å². The first kappa shape index (κ1) is 13.2. The van der Waals surface area contributed by atoms with Gasteiger partial charge in [0.2, 0.25) is 0 Å². The van der Waals surface area contributed by atoms with Gasteiger partial charge in [0.25, 0.3) is 0 Å². The lowest BCUT2D eigenvalue weighted by Gasteiger charge is -2.28. The van der Waals surface area contributed by atoms with Crippen LogP contribution in [0.3, 0.4) is 0 Å². The fourth-order valence-corrected chi connectivity index (χ4v) is 2.25. The highest BCUT2D eigenvalue weighted by Crippen LogP contribution is 2.35. The van der Waals surface area contributed by atoms with Crippen LogP contribution in [0.15, 0.2) is 20.0 Å². The zero-order valence-electron chi connectivity index (χ0n) is 10.1. The third kappa shape index (κ3) is 1.77. The van der Waals surface area contributed by atoms with Crippen molar-refractivity contribution in [3.8, 4) is 0 Å². The minimum Gasteiger partial charge on any atom is -0.394 e. The average molecular weight is 285 g/mol. The van der Waals surface area contributed by atoms with Crippen LogP contribution in [0.2, 0.25) is 0 Å². The third-order valence-electron chi connectivity index (χ3n) is 3.27. The number of nitrogens with two attached hydrogens (primary N) is 1. The maximum absolute atomic E-state index is 14.8. The van der Waals surface area contributed by atoms with Crippen LogP contribution in [0.4, 0.5) is 4.39 Å². The van der Waals surface area contributed by atoms with Gasteiger partial charge in [-0.05, 0) is 0 Å². The standard InChI is InChI=1S/C10H12FN5O4/c11-10(7-6(19)5(18)3(1-17)20-7)15-8(12)4-9(16-10)14-2-13-4/h2-3,5-7,17-19H,1H2,(H2,12,15)/t3-,5-,6+,7-,10?/m1/s1. The zero-order valence-corrected chi connectivity index (χ0v) is 10.1. The quantitative estimate of drug-likeness (QED) is 0.409. The lowest BCUT2D eigenvalue weighted by molar-refractivity contribution is -0.0883. The van der Waals surface area contributed by atoms with Gasteiger partial charge in [-0.3, -0.25) is 0 Å². The van der Waals surface area contributed by atoms with E-state index >= 15 is 0 Å². The Bertz CT molecular complexity index is 562. The van der Waals surface area contributed by atoms with Gasteiger partial charge in [-0.1, -0.05) is 0 Å². The molecule has 0 spiro atoms. The molecule has 9 nitrogen and oxygen atoms in total. The molecule has 5 N–H and O–H groups in total. The number of rotatable bonds is 2. The van der Waals surface area contributed by atoms with Crippen molar-refractivity contribution in [2.24, 2.45) is 25.7 Å². The van der Waals surface area contributed by atoms with Crippen molar-refractivity contribution < 1.29 is 24.4 Å². The predicted octanol–water partition coefficient (Wildman–Crippen LogP) is -2.66. The van der Waals surface area contributed by atoms with Crippen LogP contribution in [-0.4, -0.2) is 76.0 Å². The summed E-state index contributed by atoms with van der Waals surface area (Å²) in [6, 6.07) is 0. The predicted molar refractivity (Wildman–Crippen MR) is 66.6 cm³/mol. The highest BCUT2D eigenvalue weighted by molar-refractivity contribution is 6.70. The van der Waals surface area contributed by atoms with E-state index in [4.69, 9.17) is 15.6 Å². The monoisotopic (exact) mass is 285 g/mol. The molecule has 3 aliphatic heterocycles. The molecule has 0 aliphatic carbocycles. The Morgan fingerprint density at radius 3 is 2.75 bits per heavy atom. The SMILES string of the molecule is NC1=NC(F)([C@@H]2O[C@H](CO)[C@@H](O)[C@@H]2O)N=C2N=CN=C12. The molecular formula is C10H12FN5O4. The Balaban J connectivity index is 1.96. The molecule has 20 heavy (non-hydrogen) atoms. The fourth-order valence-electron chi connectivity index (χ4n) is 2.25. The maximum Gasteiger partial charge on any atom is 0.327 e. The van der Waals surface area contributed by atoms with Gasteiger partial charge in [-0.15, -0.1) is 0 Å². The van der Waals surface area contributed by atoms with E-state index < -0.39 is 36.9 Å². The fraction of sp³-hybridized carbons (Fsp3) is 0.600. The number of aliphatic hydroxyl groups is 3. The number of hydrogen-bond acceptors (Lipinski definition) is 9. The van der Waals surface area contributed by atoms with E-state index in [-0.39, 0.29) is 17.4 Å². The second-order valence-corrected chi connectivity index (χ2v) is 4.55. The van der Waals surface area contributed by atoms with E-state index in [1.807, 2.05) is 0 Å². The molecule has 10 heteroatoms. The lowest BCUT2D eigenvalue weighted by Crippen LogP contribution is -2.49. The topological polar surface area (TPSA) is 145 Å². The minimum absolute atomic E-state index is 0.0576. The smallest absolute Gasteiger partial charge is 0.327 e. The Kier molecular flexibility index (Phi) is 2.90. The van der Waals surface area contributed by atoms with Gasteiger partial charge in [-0.2, -0.15) is 4.39 Å². The van der Waals surface area contributed by atoms with Crippen LogP contribution in [-0.2, 0) is 4.74 Å². The normalized spacial score (nSPS) is 43.1. The van der Waals surface area contributed by atoms with Crippen LogP contribution in [0.1, 0.15) is 0 Å². The number of ether oxygens (including phenoxy) is 1. The van der Waals surface area contributed by atoms with E-state index in [0.717, 1.165) is 6.34 Å². The minimum atomic E-state index is -2.73. The number of aliphatic hydroxyl groups excluding tert-OH is 3. The van der Waals surface area contributed by atoms with E-state index in [9.17, 15) is 14.6 Å². The number of halogens is 1. The first-order chi connectivity index (χ1) is 9.46. The van der Waals surface area contributed by atoms with Gasteiger partial charge < -0.3 is 25.8 Å². The van der Waals surface area contributed by atoms with E-state index in [2.05, 4.69) is 20.0 Å². The van der Waals surface area contributed by atoms with Crippen molar-refractivity contribution >= 4 is 23.7 Å². The molecule has 1 saturated heterocycles. The van der Waals surface area contributed by atoms with E-state index in [0.29, 0.717) is 0 Å². The molecule has 108 valence electrons. The van der Waals surface area contributed by atoms with Crippen molar-refractivity contribution in [1.29, 1.82) is 0 Å². The van der Waals surface area contributed by atoms with Crippen LogP contribution < -0.4 is 5.73 Å². The second-order valence-electron chi connectivity index (χ2n) is 4.55. The number of hydrogen-bond donors (Lipinski definition) is 4. The number of amidine groups is 2. The summed E-state index contributed by atoms with van der Waals surface area (Å²) in [7, 11) is 0. The first-order valence-corrected chi connectivity index (χ1v) is 5.84. The molecule has 1 unspecified atom stereocenters. The van der Waals surface area contributed by atoms with Crippen molar-refractivity contribution in [2.45, 2.75) is 30.3 Å². The highest BCUT2D eigenvalue weighted by atomic mass is 19.1. The van der Waals surface area contributed by atoms with Gasteiger partial charge in [0.05, 0.1) is 6.61 Å². The van der Waals surface area contributed by atoms with Gasteiger partial charge in [0.1, 0.15) is 24.7 Å². The van der Waals surface area contributed by atoms with E-state index in [1.165, 1.54) is 0 Å². The molecule has 3 heterocycles. The Morgan fingerprint density at radius 1 is 1.35 bits per heavy atom. The van der Waals surface area contributed by atoms with Gasteiger partial charge >= 0.3 is 5.92 Å². The molecule has 0 aromatic carbocycles. The van der Waals surface area contributed by atoms with Crippen molar-refractivity contribution in [1.82, 2.24) is 0 Å². The molecule has 3 aliphatic rings. The molecule has 0 amide bonds. The van der Waals surface area contributed by atoms with Crippen molar-refractivity contribution in [3.05, 3.63) is 0 Å². The lowest BCUT2D eigenvalue weighted by atomic mass is 10.0. The number of aliphatic imine (C=N–C) groups is 4. The summed E-state index contributed by atoms with van der Waals surface area (Å²) in [5, 5.41) is 28.5. The second kappa shape index (κ2) is 4.38.